The molecule has 1 aromatic rings. The Bertz CT molecular complexity index is 515. The summed E-state index contributed by atoms with van der Waals surface area (Å²) in [7, 11) is -3.42. The summed E-state index contributed by atoms with van der Waals surface area (Å²) in [5, 5.41) is 0. The fourth-order valence-electron chi connectivity index (χ4n) is 1.63. The van der Waals surface area contributed by atoms with Crippen molar-refractivity contribution >= 4 is 15.8 Å². The Balaban J connectivity index is 2.74. The van der Waals surface area contributed by atoms with Gasteiger partial charge in [0.1, 0.15) is 0 Å². The number of hydrogen-bond acceptors (Lipinski definition) is 4. The molecule has 19 heavy (non-hydrogen) atoms. The first-order valence-electron chi connectivity index (χ1n) is 6.35. The monoisotopic (exact) mass is 284 g/mol. The minimum absolute atomic E-state index is 0.109. The van der Waals surface area contributed by atoms with E-state index in [2.05, 4.69) is 0 Å². The van der Waals surface area contributed by atoms with E-state index in [0.29, 0.717) is 5.92 Å². The predicted octanol–water partition coefficient (Wildman–Crippen LogP) is 2.54. The number of sulfone groups is 1. The summed E-state index contributed by atoms with van der Waals surface area (Å²) in [5.41, 5.74) is 1.09. The number of benzene rings is 1. The van der Waals surface area contributed by atoms with E-state index in [0.717, 1.165) is 5.56 Å². The Labute approximate surface area is 114 Å². The van der Waals surface area contributed by atoms with Gasteiger partial charge in [-0.2, -0.15) is 0 Å². The summed E-state index contributed by atoms with van der Waals surface area (Å²) in [6, 6.07) is 6.80. The summed E-state index contributed by atoms with van der Waals surface area (Å²) < 4.78 is 28.7. The van der Waals surface area contributed by atoms with E-state index < -0.39 is 15.8 Å². The summed E-state index contributed by atoms with van der Waals surface area (Å²) >= 11 is 0. The van der Waals surface area contributed by atoms with Gasteiger partial charge in [-0.3, -0.25) is 4.79 Å². The van der Waals surface area contributed by atoms with E-state index in [1.54, 1.807) is 19.1 Å². The summed E-state index contributed by atoms with van der Waals surface area (Å²) in [6.45, 7) is 6.05. The van der Waals surface area contributed by atoms with Crippen LogP contribution in [0.5, 0.6) is 0 Å². The van der Waals surface area contributed by atoms with Gasteiger partial charge in [0.15, 0.2) is 9.84 Å². The highest BCUT2D eigenvalue weighted by Gasteiger charge is 2.17. The lowest BCUT2D eigenvalue weighted by Crippen LogP contribution is -2.13. The fraction of sp³-hybridized carbons (Fsp3) is 0.500. The summed E-state index contributed by atoms with van der Waals surface area (Å²) in [6.07, 6.45) is -0.109. The van der Waals surface area contributed by atoms with Crippen LogP contribution in [0.3, 0.4) is 0 Å². The largest absolute Gasteiger partial charge is 0.466 e. The molecule has 0 saturated carbocycles. The number of esters is 1. The maximum atomic E-state index is 12.0. The molecule has 0 fully saturated rings. The SMILES string of the molecule is CCOC(=O)CCS(=O)(=O)c1ccc(C(C)C)cc1. The molecule has 0 amide bonds. The zero-order chi connectivity index (χ0) is 14.5. The van der Waals surface area contributed by atoms with Gasteiger partial charge >= 0.3 is 5.97 Å². The van der Waals surface area contributed by atoms with Crippen LogP contribution < -0.4 is 0 Å². The van der Waals surface area contributed by atoms with Crippen molar-refractivity contribution < 1.29 is 17.9 Å². The predicted molar refractivity (Wildman–Crippen MR) is 73.8 cm³/mol. The first kappa shape index (κ1) is 15.7. The van der Waals surface area contributed by atoms with Crippen molar-refractivity contribution in [2.45, 2.75) is 38.0 Å². The smallest absolute Gasteiger partial charge is 0.306 e. The van der Waals surface area contributed by atoms with Gasteiger partial charge in [0.2, 0.25) is 0 Å². The summed E-state index contributed by atoms with van der Waals surface area (Å²) in [4.78, 5) is 11.4. The molecule has 0 unspecified atom stereocenters. The number of ether oxygens (including phenoxy) is 1. The highest BCUT2D eigenvalue weighted by molar-refractivity contribution is 7.91. The van der Waals surface area contributed by atoms with Crippen LogP contribution in [0.4, 0.5) is 0 Å². The van der Waals surface area contributed by atoms with Gasteiger partial charge in [0.05, 0.1) is 23.7 Å². The molecular weight excluding hydrogens is 264 g/mol. The molecule has 106 valence electrons. The third-order valence-electron chi connectivity index (χ3n) is 2.79. The van der Waals surface area contributed by atoms with Gasteiger partial charge in [0, 0.05) is 0 Å². The quantitative estimate of drug-likeness (QED) is 0.753. The molecule has 0 atom stereocenters. The van der Waals surface area contributed by atoms with E-state index in [1.165, 1.54) is 0 Å². The number of rotatable bonds is 6. The molecular formula is C14H20O4S. The molecule has 0 aliphatic heterocycles. The molecule has 1 aromatic carbocycles. The Kier molecular flexibility index (Phi) is 5.54. The third-order valence-corrected chi connectivity index (χ3v) is 4.52. The molecule has 0 heterocycles. The lowest BCUT2D eigenvalue weighted by molar-refractivity contribution is -0.142. The van der Waals surface area contributed by atoms with Crippen molar-refractivity contribution in [2.75, 3.05) is 12.4 Å². The maximum Gasteiger partial charge on any atom is 0.306 e. The molecule has 5 heteroatoms. The third kappa shape index (κ3) is 4.67. The molecule has 0 spiro atoms. The van der Waals surface area contributed by atoms with Crippen LogP contribution in [0, 0.1) is 0 Å². The van der Waals surface area contributed by atoms with Crippen LogP contribution in [-0.4, -0.2) is 26.7 Å². The standard InChI is InChI=1S/C14H20O4S/c1-4-18-14(15)9-10-19(16,17)13-7-5-12(6-8-13)11(2)3/h5-8,11H,4,9-10H2,1-3H3. The first-order valence-corrected chi connectivity index (χ1v) is 8.00. The minimum Gasteiger partial charge on any atom is -0.466 e. The van der Waals surface area contributed by atoms with Gasteiger partial charge in [-0.25, -0.2) is 8.42 Å². The molecule has 1 rings (SSSR count). The lowest BCUT2D eigenvalue weighted by Gasteiger charge is -2.08. The zero-order valence-electron chi connectivity index (χ0n) is 11.5. The average molecular weight is 284 g/mol. The Hall–Kier alpha value is -1.36. The number of carbonyl (C=O) groups excluding carboxylic acids is 1. The molecule has 0 saturated heterocycles. The van der Waals surface area contributed by atoms with Crippen LogP contribution in [0.1, 0.15) is 38.7 Å². The van der Waals surface area contributed by atoms with E-state index in [4.69, 9.17) is 4.74 Å². The zero-order valence-corrected chi connectivity index (χ0v) is 12.4. The Morgan fingerprint density at radius 3 is 2.26 bits per heavy atom. The normalized spacial score (nSPS) is 11.6. The second-order valence-electron chi connectivity index (χ2n) is 4.60. The molecule has 0 aliphatic rings. The molecule has 0 aliphatic carbocycles. The second kappa shape index (κ2) is 6.70. The first-order chi connectivity index (χ1) is 8.86. The Morgan fingerprint density at radius 1 is 1.21 bits per heavy atom. The molecule has 0 N–H and O–H groups in total. The molecule has 0 aromatic heterocycles. The van der Waals surface area contributed by atoms with E-state index in [9.17, 15) is 13.2 Å². The summed E-state index contributed by atoms with van der Waals surface area (Å²) in [5.74, 6) is -0.339. The molecule has 0 bridgehead atoms. The van der Waals surface area contributed by atoms with E-state index in [1.807, 2.05) is 26.0 Å². The van der Waals surface area contributed by atoms with E-state index in [-0.39, 0.29) is 23.7 Å². The fourth-order valence-corrected chi connectivity index (χ4v) is 2.85. The van der Waals surface area contributed by atoms with Crippen molar-refractivity contribution in [1.29, 1.82) is 0 Å². The second-order valence-corrected chi connectivity index (χ2v) is 6.71. The highest BCUT2D eigenvalue weighted by atomic mass is 32.2. The Morgan fingerprint density at radius 2 is 1.79 bits per heavy atom. The molecule has 4 nitrogen and oxygen atoms in total. The lowest BCUT2D eigenvalue weighted by atomic mass is 10.0. The number of hydrogen-bond donors (Lipinski definition) is 0. The topological polar surface area (TPSA) is 60.4 Å². The van der Waals surface area contributed by atoms with Crippen LogP contribution in [-0.2, 0) is 19.4 Å². The van der Waals surface area contributed by atoms with Crippen molar-refractivity contribution in [3.05, 3.63) is 29.8 Å². The van der Waals surface area contributed by atoms with Crippen molar-refractivity contribution in [1.82, 2.24) is 0 Å². The van der Waals surface area contributed by atoms with Gasteiger partial charge in [-0.05, 0) is 30.5 Å². The van der Waals surface area contributed by atoms with Gasteiger partial charge in [0.25, 0.3) is 0 Å². The van der Waals surface area contributed by atoms with Crippen LogP contribution in [0.15, 0.2) is 29.2 Å². The van der Waals surface area contributed by atoms with Crippen LogP contribution in [0.25, 0.3) is 0 Å². The minimum atomic E-state index is -3.42. The maximum absolute atomic E-state index is 12.0. The van der Waals surface area contributed by atoms with Gasteiger partial charge in [-0.15, -0.1) is 0 Å². The molecule has 0 radical (unpaired) electrons. The highest BCUT2D eigenvalue weighted by Crippen LogP contribution is 2.18. The average Bonchev–Trinajstić information content (AvgIpc) is 2.37. The van der Waals surface area contributed by atoms with Gasteiger partial charge < -0.3 is 4.74 Å². The van der Waals surface area contributed by atoms with Crippen LogP contribution >= 0.6 is 0 Å². The number of carbonyl (C=O) groups is 1. The van der Waals surface area contributed by atoms with Crippen molar-refractivity contribution in [3.63, 3.8) is 0 Å². The van der Waals surface area contributed by atoms with Crippen LogP contribution in [0.2, 0.25) is 0 Å². The van der Waals surface area contributed by atoms with Crippen molar-refractivity contribution in [2.24, 2.45) is 0 Å². The van der Waals surface area contributed by atoms with Crippen molar-refractivity contribution in [3.8, 4) is 0 Å². The van der Waals surface area contributed by atoms with E-state index >= 15 is 0 Å². The van der Waals surface area contributed by atoms with Gasteiger partial charge in [-0.1, -0.05) is 26.0 Å².